The zero-order valence-electron chi connectivity index (χ0n) is 12.2. The maximum Gasteiger partial charge on any atom is 0.211 e. The first kappa shape index (κ1) is 15.4. The SMILES string of the molecule is CCS(=O)(=O)NC[C@]12COC[C@H]1CN(Cc1cccs1)C2. The Morgan fingerprint density at radius 1 is 1.57 bits per heavy atom. The molecule has 5 nitrogen and oxygen atoms in total. The van der Waals surface area contributed by atoms with Crippen LogP contribution in [0.2, 0.25) is 0 Å². The largest absolute Gasteiger partial charge is 0.380 e. The van der Waals surface area contributed by atoms with Gasteiger partial charge >= 0.3 is 0 Å². The van der Waals surface area contributed by atoms with E-state index in [4.69, 9.17) is 4.74 Å². The molecule has 2 saturated heterocycles. The average molecular weight is 330 g/mol. The van der Waals surface area contributed by atoms with Crippen LogP contribution in [-0.2, 0) is 21.3 Å². The summed E-state index contributed by atoms with van der Waals surface area (Å²) in [6.07, 6.45) is 0. The van der Waals surface area contributed by atoms with Gasteiger partial charge in [0.15, 0.2) is 0 Å². The summed E-state index contributed by atoms with van der Waals surface area (Å²) in [5, 5.41) is 2.10. The average Bonchev–Trinajstić information content (AvgIpc) is 3.13. The molecule has 1 aromatic rings. The monoisotopic (exact) mass is 330 g/mol. The first-order valence-electron chi connectivity index (χ1n) is 7.33. The fourth-order valence-electron chi connectivity index (χ4n) is 3.29. The molecule has 1 N–H and O–H groups in total. The predicted molar refractivity (Wildman–Crippen MR) is 83.8 cm³/mol. The van der Waals surface area contributed by atoms with Crippen molar-refractivity contribution in [3.63, 3.8) is 0 Å². The molecule has 118 valence electrons. The number of thiophene rings is 1. The summed E-state index contributed by atoms with van der Waals surface area (Å²) in [5.41, 5.74) is -0.0561. The lowest BCUT2D eigenvalue weighted by molar-refractivity contribution is 0.128. The molecule has 2 aliphatic heterocycles. The molecule has 0 bridgehead atoms. The van der Waals surface area contributed by atoms with Crippen LogP contribution in [0.15, 0.2) is 17.5 Å². The minimum Gasteiger partial charge on any atom is -0.380 e. The van der Waals surface area contributed by atoms with Crippen LogP contribution in [0.1, 0.15) is 11.8 Å². The zero-order chi connectivity index (χ0) is 14.9. The van der Waals surface area contributed by atoms with Crippen LogP contribution in [0, 0.1) is 11.3 Å². The lowest BCUT2D eigenvalue weighted by Gasteiger charge is -2.27. The molecule has 0 aromatic carbocycles. The molecule has 3 heterocycles. The van der Waals surface area contributed by atoms with Gasteiger partial charge in [0.1, 0.15) is 0 Å². The number of fused-ring (bicyclic) bond motifs is 1. The molecule has 0 unspecified atom stereocenters. The number of nitrogens with one attached hydrogen (secondary N) is 1. The van der Waals surface area contributed by atoms with E-state index >= 15 is 0 Å². The topological polar surface area (TPSA) is 58.6 Å². The highest BCUT2D eigenvalue weighted by Crippen LogP contribution is 2.41. The van der Waals surface area contributed by atoms with E-state index in [1.165, 1.54) is 4.88 Å². The summed E-state index contributed by atoms with van der Waals surface area (Å²) in [4.78, 5) is 3.79. The molecule has 21 heavy (non-hydrogen) atoms. The van der Waals surface area contributed by atoms with Crippen LogP contribution in [0.4, 0.5) is 0 Å². The summed E-state index contributed by atoms with van der Waals surface area (Å²) in [6, 6.07) is 4.23. The van der Waals surface area contributed by atoms with E-state index in [1.807, 2.05) is 0 Å². The van der Waals surface area contributed by atoms with Crippen molar-refractivity contribution < 1.29 is 13.2 Å². The van der Waals surface area contributed by atoms with E-state index in [9.17, 15) is 8.42 Å². The Morgan fingerprint density at radius 3 is 3.14 bits per heavy atom. The second-order valence-corrected chi connectivity index (χ2v) is 9.18. The third-order valence-electron chi connectivity index (χ3n) is 4.58. The maximum absolute atomic E-state index is 11.7. The first-order valence-corrected chi connectivity index (χ1v) is 9.86. The van der Waals surface area contributed by atoms with Crippen LogP contribution in [0.3, 0.4) is 0 Å². The van der Waals surface area contributed by atoms with E-state index < -0.39 is 10.0 Å². The normalized spacial score (nSPS) is 29.9. The van der Waals surface area contributed by atoms with Crippen molar-refractivity contribution in [1.29, 1.82) is 0 Å². The standard InChI is InChI=1S/C14H22N2O3S2/c1-2-21(17,18)15-9-14-10-16(6-12(14)8-19-11-14)7-13-4-3-5-20-13/h3-5,12,15H,2,6-11H2,1H3/t12-,14+/m1/s1. The highest BCUT2D eigenvalue weighted by molar-refractivity contribution is 7.89. The van der Waals surface area contributed by atoms with Crippen molar-refractivity contribution in [1.82, 2.24) is 9.62 Å². The molecule has 0 aliphatic carbocycles. The van der Waals surface area contributed by atoms with E-state index in [1.54, 1.807) is 18.3 Å². The summed E-state index contributed by atoms with van der Waals surface area (Å²) in [7, 11) is -3.14. The fourth-order valence-corrected chi connectivity index (χ4v) is 4.75. The van der Waals surface area contributed by atoms with Gasteiger partial charge in [0.2, 0.25) is 10.0 Å². The van der Waals surface area contributed by atoms with Crippen molar-refractivity contribution in [3.8, 4) is 0 Å². The van der Waals surface area contributed by atoms with E-state index in [-0.39, 0.29) is 11.2 Å². The Hall–Kier alpha value is -0.470. The summed E-state index contributed by atoms with van der Waals surface area (Å²) in [6.45, 7) is 6.42. The number of hydrogen-bond acceptors (Lipinski definition) is 5. The Morgan fingerprint density at radius 2 is 2.43 bits per heavy atom. The number of nitrogens with zero attached hydrogens (tertiary/aromatic N) is 1. The summed E-state index contributed by atoms with van der Waals surface area (Å²) in [5.74, 6) is 0.560. The third-order valence-corrected chi connectivity index (χ3v) is 6.78. The van der Waals surface area contributed by atoms with Crippen molar-refractivity contribution in [2.24, 2.45) is 11.3 Å². The quantitative estimate of drug-likeness (QED) is 0.850. The molecular weight excluding hydrogens is 308 g/mol. The minimum absolute atomic E-state index is 0.0561. The number of rotatable bonds is 6. The van der Waals surface area contributed by atoms with Gasteiger partial charge in [-0.3, -0.25) is 4.90 Å². The zero-order valence-corrected chi connectivity index (χ0v) is 13.9. The molecule has 7 heteroatoms. The molecule has 3 rings (SSSR count). The molecule has 2 fully saturated rings. The second kappa shape index (κ2) is 5.96. The molecule has 2 atom stereocenters. The Labute approximate surface area is 130 Å². The van der Waals surface area contributed by atoms with E-state index in [0.29, 0.717) is 19.1 Å². The molecule has 0 radical (unpaired) electrons. The van der Waals surface area contributed by atoms with Gasteiger partial charge in [0.25, 0.3) is 0 Å². The van der Waals surface area contributed by atoms with E-state index in [0.717, 1.165) is 26.2 Å². The van der Waals surface area contributed by atoms with Crippen molar-refractivity contribution >= 4 is 21.4 Å². The Bertz CT molecular complexity index is 573. The van der Waals surface area contributed by atoms with Crippen molar-refractivity contribution in [2.45, 2.75) is 13.5 Å². The van der Waals surface area contributed by atoms with Crippen molar-refractivity contribution in [3.05, 3.63) is 22.4 Å². The molecular formula is C14H22N2O3S2. The van der Waals surface area contributed by atoms with E-state index in [2.05, 4.69) is 27.1 Å². The van der Waals surface area contributed by atoms with Gasteiger partial charge in [-0.15, -0.1) is 11.3 Å². The highest BCUT2D eigenvalue weighted by Gasteiger charge is 2.50. The van der Waals surface area contributed by atoms with Crippen LogP contribution in [0.5, 0.6) is 0 Å². The number of hydrogen-bond donors (Lipinski definition) is 1. The molecule has 0 amide bonds. The number of ether oxygens (including phenoxy) is 1. The second-order valence-electron chi connectivity index (χ2n) is 6.05. The Balaban J connectivity index is 1.66. The first-order chi connectivity index (χ1) is 10.0. The van der Waals surface area contributed by atoms with Gasteiger partial charge < -0.3 is 4.74 Å². The fraction of sp³-hybridized carbons (Fsp3) is 0.714. The van der Waals surface area contributed by atoms with Crippen LogP contribution in [-0.4, -0.2) is 51.9 Å². The number of sulfonamides is 1. The van der Waals surface area contributed by atoms with Gasteiger partial charge in [0, 0.05) is 42.4 Å². The predicted octanol–water partition coefficient (Wildman–Crippen LogP) is 1.14. The third kappa shape index (κ3) is 3.32. The Kier molecular flexibility index (Phi) is 4.38. The van der Waals surface area contributed by atoms with Crippen LogP contribution >= 0.6 is 11.3 Å². The smallest absolute Gasteiger partial charge is 0.211 e. The highest BCUT2D eigenvalue weighted by atomic mass is 32.2. The van der Waals surface area contributed by atoms with Gasteiger partial charge in [-0.2, -0.15) is 0 Å². The lowest BCUT2D eigenvalue weighted by atomic mass is 9.81. The van der Waals surface area contributed by atoms with Crippen LogP contribution < -0.4 is 4.72 Å². The minimum atomic E-state index is -3.14. The molecule has 0 saturated carbocycles. The van der Waals surface area contributed by atoms with Gasteiger partial charge in [-0.25, -0.2) is 13.1 Å². The molecule has 2 aliphatic rings. The number of likely N-dealkylation sites (tertiary alicyclic amines) is 1. The lowest BCUT2D eigenvalue weighted by Crippen LogP contribution is -2.43. The van der Waals surface area contributed by atoms with Gasteiger partial charge in [-0.1, -0.05) is 6.07 Å². The van der Waals surface area contributed by atoms with Gasteiger partial charge in [-0.05, 0) is 18.4 Å². The maximum atomic E-state index is 11.7. The van der Waals surface area contributed by atoms with Crippen LogP contribution in [0.25, 0.3) is 0 Å². The van der Waals surface area contributed by atoms with Gasteiger partial charge in [0.05, 0.1) is 19.0 Å². The molecule has 1 aromatic heterocycles. The summed E-state index contributed by atoms with van der Waals surface area (Å²) >= 11 is 1.77. The molecule has 0 spiro atoms. The van der Waals surface area contributed by atoms with Crippen molar-refractivity contribution in [2.75, 3.05) is 38.6 Å². The summed E-state index contributed by atoms with van der Waals surface area (Å²) < 4.78 is 31.8.